The summed E-state index contributed by atoms with van der Waals surface area (Å²) >= 11 is 1.73. The summed E-state index contributed by atoms with van der Waals surface area (Å²) in [5, 5.41) is 9.52. The van der Waals surface area contributed by atoms with Crippen LogP contribution in [0.1, 0.15) is 20.3 Å². The molecule has 19 heavy (non-hydrogen) atoms. The third kappa shape index (κ3) is 4.03. The average Bonchev–Trinajstić information content (AvgIpc) is 2.38. The highest BCUT2D eigenvalue weighted by Crippen LogP contribution is 2.36. The second kappa shape index (κ2) is 6.03. The minimum atomic E-state index is -0.528. The molecule has 0 aliphatic carbocycles. The van der Waals surface area contributed by atoms with Crippen molar-refractivity contribution in [2.75, 3.05) is 19.8 Å². The third-order valence-corrected chi connectivity index (χ3v) is 4.06. The van der Waals surface area contributed by atoms with Crippen LogP contribution in [-0.4, -0.2) is 35.7 Å². The van der Waals surface area contributed by atoms with E-state index in [1.807, 2.05) is 25.1 Å². The van der Waals surface area contributed by atoms with Gasteiger partial charge in [-0.1, -0.05) is 6.92 Å². The van der Waals surface area contributed by atoms with Gasteiger partial charge in [-0.15, -0.1) is 11.8 Å². The predicted octanol–water partition coefficient (Wildman–Crippen LogP) is 2.04. The lowest BCUT2D eigenvalue weighted by atomic mass is 9.99. The molecule has 0 amide bonds. The highest BCUT2D eigenvalue weighted by Gasteiger charge is 2.21. The topological polar surface area (TPSA) is 64.7 Å². The molecular weight excluding hydrogens is 262 g/mol. The third-order valence-electron chi connectivity index (χ3n) is 2.97. The molecule has 2 rings (SSSR count). The van der Waals surface area contributed by atoms with Gasteiger partial charge in [0, 0.05) is 15.7 Å². The molecule has 2 atom stereocenters. The zero-order chi connectivity index (χ0) is 13.9. The molecule has 106 valence electrons. The van der Waals surface area contributed by atoms with Gasteiger partial charge in [-0.3, -0.25) is 0 Å². The van der Waals surface area contributed by atoms with Crippen molar-refractivity contribution in [3.8, 4) is 11.5 Å². The highest BCUT2D eigenvalue weighted by molar-refractivity contribution is 8.00. The Bertz CT molecular complexity index is 437. The second-order valence-corrected chi connectivity index (χ2v) is 6.76. The molecule has 0 saturated heterocycles. The number of ether oxygens (including phenoxy) is 2. The number of rotatable bonds is 5. The van der Waals surface area contributed by atoms with Crippen LogP contribution in [0.2, 0.25) is 0 Å². The lowest BCUT2D eigenvalue weighted by molar-refractivity contribution is 0.171. The minimum Gasteiger partial charge on any atom is -0.486 e. The standard InChI is InChI=1S/C14H21NO3S/c1-10(8-14(2,15)9-16)19-11-3-4-12-13(7-11)18-6-5-17-12/h3-4,7,10,16H,5-6,8-9,15H2,1-2H3. The van der Waals surface area contributed by atoms with E-state index in [2.05, 4.69) is 6.92 Å². The zero-order valence-corrected chi connectivity index (χ0v) is 12.2. The van der Waals surface area contributed by atoms with E-state index in [1.165, 1.54) is 0 Å². The molecule has 0 spiro atoms. The summed E-state index contributed by atoms with van der Waals surface area (Å²) < 4.78 is 11.1. The quantitative estimate of drug-likeness (QED) is 0.810. The van der Waals surface area contributed by atoms with Gasteiger partial charge in [-0.05, 0) is 31.5 Å². The Morgan fingerprint density at radius 1 is 1.37 bits per heavy atom. The van der Waals surface area contributed by atoms with Crippen LogP contribution in [0, 0.1) is 0 Å². The van der Waals surface area contributed by atoms with Crippen molar-refractivity contribution in [3.05, 3.63) is 18.2 Å². The van der Waals surface area contributed by atoms with Gasteiger partial charge in [-0.2, -0.15) is 0 Å². The number of benzene rings is 1. The van der Waals surface area contributed by atoms with E-state index in [0.717, 1.165) is 22.8 Å². The maximum absolute atomic E-state index is 9.20. The van der Waals surface area contributed by atoms with Crippen LogP contribution in [0.15, 0.2) is 23.1 Å². The van der Waals surface area contributed by atoms with E-state index < -0.39 is 5.54 Å². The largest absolute Gasteiger partial charge is 0.486 e. The number of hydrogen-bond donors (Lipinski definition) is 2. The van der Waals surface area contributed by atoms with Crippen molar-refractivity contribution in [2.45, 2.75) is 36.0 Å². The number of thioether (sulfide) groups is 1. The molecule has 0 aromatic heterocycles. The number of fused-ring (bicyclic) bond motifs is 1. The molecule has 4 nitrogen and oxygen atoms in total. The summed E-state index contributed by atoms with van der Waals surface area (Å²) in [6.07, 6.45) is 0.753. The molecule has 1 aromatic rings. The van der Waals surface area contributed by atoms with Crippen molar-refractivity contribution in [1.29, 1.82) is 0 Å². The molecule has 1 aromatic carbocycles. The normalized spacial score (nSPS) is 18.7. The van der Waals surface area contributed by atoms with Gasteiger partial charge < -0.3 is 20.3 Å². The van der Waals surface area contributed by atoms with Crippen LogP contribution in [0.5, 0.6) is 11.5 Å². The minimum absolute atomic E-state index is 0.000953. The number of hydrogen-bond acceptors (Lipinski definition) is 5. The monoisotopic (exact) mass is 283 g/mol. The molecule has 1 aliphatic rings. The lowest BCUT2D eigenvalue weighted by Gasteiger charge is -2.25. The molecule has 2 unspecified atom stereocenters. The Hall–Kier alpha value is -0.910. The van der Waals surface area contributed by atoms with Crippen molar-refractivity contribution < 1.29 is 14.6 Å². The summed E-state index contributed by atoms with van der Waals surface area (Å²) in [6.45, 7) is 5.19. The maximum atomic E-state index is 9.20. The Labute approximate surface area is 118 Å². The van der Waals surface area contributed by atoms with E-state index in [9.17, 15) is 5.11 Å². The van der Waals surface area contributed by atoms with Gasteiger partial charge >= 0.3 is 0 Å². The average molecular weight is 283 g/mol. The molecule has 5 heteroatoms. The Morgan fingerprint density at radius 3 is 2.74 bits per heavy atom. The molecule has 0 saturated carbocycles. The fourth-order valence-electron chi connectivity index (χ4n) is 2.09. The fourth-order valence-corrected chi connectivity index (χ4v) is 3.34. The van der Waals surface area contributed by atoms with Gasteiger partial charge in [-0.25, -0.2) is 0 Å². The molecule has 0 radical (unpaired) electrons. The zero-order valence-electron chi connectivity index (χ0n) is 11.4. The van der Waals surface area contributed by atoms with Crippen LogP contribution >= 0.6 is 11.8 Å². The van der Waals surface area contributed by atoms with Crippen molar-refractivity contribution in [2.24, 2.45) is 5.73 Å². The highest BCUT2D eigenvalue weighted by atomic mass is 32.2. The molecule has 0 fully saturated rings. The number of aliphatic hydroxyl groups is 1. The Kier molecular flexibility index (Phi) is 4.60. The molecular formula is C14H21NO3S. The van der Waals surface area contributed by atoms with Crippen LogP contribution in [0.3, 0.4) is 0 Å². The van der Waals surface area contributed by atoms with Crippen molar-refractivity contribution in [3.63, 3.8) is 0 Å². The summed E-state index contributed by atoms with van der Waals surface area (Å²) in [7, 11) is 0. The van der Waals surface area contributed by atoms with Gasteiger partial charge in [0.2, 0.25) is 0 Å². The first-order valence-corrected chi connectivity index (χ1v) is 7.34. The molecule has 1 heterocycles. The van der Waals surface area contributed by atoms with Crippen molar-refractivity contribution in [1.82, 2.24) is 0 Å². The predicted molar refractivity (Wildman–Crippen MR) is 77.0 cm³/mol. The maximum Gasteiger partial charge on any atom is 0.162 e. The van der Waals surface area contributed by atoms with Gasteiger partial charge in [0.05, 0.1) is 6.61 Å². The lowest BCUT2D eigenvalue weighted by Crippen LogP contribution is -2.42. The van der Waals surface area contributed by atoms with E-state index in [4.69, 9.17) is 15.2 Å². The Balaban J connectivity index is 1.99. The van der Waals surface area contributed by atoms with Crippen molar-refractivity contribution >= 4 is 11.8 Å². The van der Waals surface area contributed by atoms with E-state index >= 15 is 0 Å². The first-order valence-electron chi connectivity index (χ1n) is 6.46. The van der Waals surface area contributed by atoms with Crippen LogP contribution in [0.25, 0.3) is 0 Å². The fraction of sp³-hybridized carbons (Fsp3) is 0.571. The van der Waals surface area contributed by atoms with Crippen LogP contribution < -0.4 is 15.2 Å². The summed E-state index contributed by atoms with van der Waals surface area (Å²) in [6, 6.07) is 5.97. The number of nitrogens with two attached hydrogens (primary N) is 1. The Morgan fingerprint density at radius 2 is 2.05 bits per heavy atom. The van der Waals surface area contributed by atoms with Gasteiger partial charge in [0.1, 0.15) is 13.2 Å². The SMILES string of the molecule is CC(CC(C)(N)CO)Sc1ccc2c(c1)OCCO2. The molecule has 3 N–H and O–H groups in total. The first-order chi connectivity index (χ1) is 9.00. The molecule has 0 bridgehead atoms. The summed E-state index contributed by atoms with van der Waals surface area (Å²) in [4.78, 5) is 1.13. The smallest absolute Gasteiger partial charge is 0.162 e. The van der Waals surface area contributed by atoms with Crippen LogP contribution in [-0.2, 0) is 0 Å². The molecule has 1 aliphatic heterocycles. The van der Waals surface area contributed by atoms with Gasteiger partial charge in [0.25, 0.3) is 0 Å². The van der Waals surface area contributed by atoms with E-state index in [0.29, 0.717) is 18.5 Å². The second-order valence-electron chi connectivity index (χ2n) is 5.25. The first kappa shape index (κ1) is 14.5. The summed E-state index contributed by atoms with van der Waals surface area (Å²) in [5.74, 6) is 1.61. The number of aliphatic hydroxyl groups excluding tert-OH is 1. The van der Waals surface area contributed by atoms with E-state index in [-0.39, 0.29) is 6.61 Å². The summed E-state index contributed by atoms with van der Waals surface area (Å²) in [5.41, 5.74) is 5.45. The van der Waals surface area contributed by atoms with E-state index in [1.54, 1.807) is 11.8 Å². The van der Waals surface area contributed by atoms with Crippen LogP contribution in [0.4, 0.5) is 0 Å². The van der Waals surface area contributed by atoms with Gasteiger partial charge in [0.15, 0.2) is 11.5 Å².